The third kappa shape index (κ3) is 4.84. The van der Waals surface area contributed by atoms with Crippen molar-refractivity contribution in [3.8, 4) is 28.3 Å². The van der Waals surface area contributed by atoms with E-state index in [-0.39, 0.29) is 11.7 Å². The Morgan fingerprint density at radius 2 is 1.86 bits per heavy atom. The summed E-state index contributed by atoms with van der Waals surface area (Å²) in [6.07, 6.45) is 9.85. The van der Waals surface area contributed by atoms with Gasteiger partial charge in [0.05, 0.1) is 12.7 Å². The molecule has 0 saturated heterocycles. The predicted octanol–water partition coefficient (Wildman–Crippen LogP) is 4.70. The number of unbranched alkanes of at least 4 members (excludes halogenated alkanes) is 1. The zero-order valence-corrected chi connectivity index (χ0v) is 21.7. The Kier molecular flexibility index (Phi) is 7.00. The second kappa shape index (κ2) is 10.5. The van der Waals surface area contributed by atoms with Crippen LogP contribution < -0.4 is 5.69 Å². The van der Waals surface area contributed by atoms with Crippen molar-refractivity contribution < 1.29 is 0 Å². The van der Waals surface area contributed by atoms with Gasteiger partial charge in [-0.1, -0.05) is 49.2 Å². The van der Waals surface area contributed by atoms with Crippen LogP contribution >= 0.6 is 11.6 Å². The summed E-state index contributed by atoms with van der Waals surface area (Å²) in [5.74, 6) is 1.19. The summed E-state index contributed by atoms with van der Waals surface area (Å²) in [6, 6.07) is 9.99. The molecule has 1 N–H and O–H groups in total. The predicted molar refractivity (Wildman–Crippen MR) is 142 cm³/mol. The first-order valence-corrected chi connectivity index (χ1v) is 12.7. The second-order valence-corrected chi connectivity index (χ2v) is 9.58. The molecule has 0 aliphatic heterocycles. The van der Waals surface area contributed by atoms with Crippen LogP contribution in [0.5, 0.6) is 0 Å². The van der Waals surface area contributed by atoms with Crippen LogP contribution in [0.25, 0.3) is 28.3 Å². The van der Waals surface area contributed by atoms with Crippen molar-refractivity contribution in [2.45, 2.75) is 52.6 Å². The molecular formula is C26H28ClN9O. The second-order valence-electron chi connectivity index (χ2n) is 9.18. The van der Waals surface area contributed by atoms with Gasteiger partial charge in [0.15, 0.2) is 11.6 Å². The molecular weight excluding hydrogens is 490 g/mol. The van der Waals surface area contributed by atoms with E-state index in [1.807, 2.05) is 61.1 Å². The number of pyridine rings is 1. The standard InChI is InChI=1S/C26H28ClN9O/c1-4-5-6-21-16-35(25-23(27)14-29-36(25)17(2)3)26(37)34(21)15-20-13-28-12-11-22(20)18-7-9-19(10-8-18)24-30-32-33-31-24/h7-14,16-17H,4-6,15H2,1-3H3,(H,30,31,32,33). The van der Waals surface area contributed by atoms with Gasteiger partial charge in [0.1, 0.15) is 5.02 Å². The highest BCUT2D eigenvalue weighted by molar-refractivity contribution is 6.32. The molecule has 0 saturated carbocycles. The summed E-state index contributed by atoms with van der Waals surface area (Å²) in [7, 11) is 0. The van der Waals surface area contributed by atoms with Crippen molar-refractivity contribution in [3.63, 3.8) is 0 Å². The molecule has 0 spiro atoms. The maximum Gasteiger partial charge on any atom is 0.334 e. The van der Waals surface area contributed by atoms with Crippen LogP contribution in [0.4, 0.5) is 0 Å². The molecule has 0 atom stereocenters. The highest BCUT2D eigenvalue weighted by atomic mass is 35.5. The van der Waals surface area contributed by atoms with E-state index < -0.39 is 0 Å². The largest absolute Gasteiger partial charge is 0.334 e. The number of H-pyrrole nitrogens is 1. The molecule has 0 bridgehead atoms. The fraction of sp³-hybridized carbons (Fsp3) is 0.308. The van der Waals surface area contributed by atoms with E-state index in [1.54, 1.807) is 21.6 Å². The molecule has 5 rings (SSSR count). The Bertz CT molecular complexity index is 1550. The van der Waals surface area contributed by atoms with Gasteiger partial charge in [-0.2, -0.15) is 5.10 Å². The van der Waals surface area contributed by atoms with Crippen LogP contribution in [0.15, 0.2) is 59.9 Å². The molecule has 0 aliphatic carbocycles. The van der Waals surface area contributed by atoms with Gasteiger partial charge in [0, 0.05) is 35.9 Å². The van der Waals surface area contributed by atoms with Gasteiger partial charge in [0.25, 0.3) is 0 Å². The van der Waals surface area contributed by atoms with Gasteiger partial charge in [0.2, 0.25) is 0 Å². The Hall–Kier alpha value is -4.05. The van der Waals surface area contributed by atoms with Crippen molar-refractivity contribution in [1.29, 1.82) is 0 Å². The van der Waals surface area contributed by atoms with E-state index in [4.69, 9.17) is 11.6 Å². The number of hydrogen-bond acceptors (Lipinski definition) is 6. The number of tetrazole rings is 1. The first kappa shape index (κ1) is 24.6. The third-order valence-electron chi connectivity index (χ3n) is 6.34. The van der Waals surface area contributed by atoms with Crippen molar-refractivity contribution >= 4 is 11.6 Å². The van der Waals surface area contributed by atoms with Gasteiger partial charge in [-0.15, -0.1) is 5.10 Å². The Morgan fingerprint density at radius 1 is 1.08 bits per heavy atom. The third-order valence-corrected chi connectivity index (χ3v) is 6.61. The van der Waals surface area contributed by atoms with E-state index in [2.05, 4.69) is 37.6 Å². The normalized spacial score (nSPS) is 11.5. The first-order valence-electron chi connectivity index (χ1n) is 12.3. The lowest BCUT2D eigenvalue weighted by molar-refractivity contribution is 0.518. The van der Waals surface area contributed by atoms with E-state index in [9.17, 15) is 4.79 Å². The molecule has 5 aromatic rings. The van der Waals surface area contributed by atoms with Gasteiger partial charge in [-0.05, 0) is 59.9 Å². The average Bonchev–Trinajstić information content (AvgIpc) is 3.64. The van der Waals surface area contributed by atoms with E-state index in [0.717, 1.165) is 47.2 Å². The van der Waals surface area contributed by atoms with Gasteiger partial charge in [-0.3, -0.25) is 14.1 Å². The highest BCUT2D eigenvalue weighted by Crippen LogP contribution is 2.27. The van der Waals surface area contributed by atoms with Crippen molar-refractivity contribution in [2.24, 2.45) is 0 Å². The molecule has 4 aromatic heterocycles. The van der Waals surface area contributed by atoms with Crippen LogP contribution in [0.3, 0.4) is 0 Å². The molecule has 11 heteroatoms. The van der Waals surface area contributed by atoms with Gasteiger partial charge >= 0.3 is 5.69 Å². The highest BCUT2D eigenvalue weighted by Gasteiger charge is 2.20. The summed E-state index contributed by atoms with van der Waals surface area (Å²) in [5.41, 5.74) is 4.64. The van der Waals surface area contributed by atoms with Crippen molar-refractivity contribution in [1.82, 2.24) is 44.5 Å². The van der Waals surface area contributed by atoms with Crippen LogP contribution in [-0.2, 0) is 13.0 Å². The lowest BCUT2D eigenvalue weighted by Crippen LogP contribution is -2.27. The summed E-state index contributed by atoms with van der Waals surface area (Å²) in [4.78, 5) is 18.2. The zero-order valence-electron chi connectivity index (χ0n) is 21.0. The minimum absolute atomic E-state index is 0.0532. The lowest BCUT2D eigenvalue weighted by atomic mass is 10.00. The van der Waals surface area contributed by atoms with Gasteiger partial charge < -0.3 is 0 Å². The molecule has 0 radical (unpaired) electrons. The lowest BCUT2D eigenvalue weighted by Gasteiger charge is -2.12. The summed E-state index contributed by atoms with van der Waals surface area (Å²) >= 11 is 6.50. The number of benzene rings is 1. The number of nitrogens with zero attached hydrogens (tertiary/aromatic N) is 8. The Balaban J connectivity index is 1.55. The number of aryl methyl sites for hydroxylation is 1. The molecule has 0 amide bonds. The fourth-order valence-electron chi connectivity index (χ4n) is 4.44. The molecule has 0 fully saturated rings. The number of aromatic amines is 1. The average molecular weight is 518 g/mol. The minimum atomic E-state index is -0.154. The minimum Gasteiger partial charge on any atom is -0.291 e. The topological polar surface area (TPSA) is 112 Å². The SMILES string of the molecule is CCCCc1cn(-c2c(Cl)cnn2C(C)C)c(=O)n1Cc1cnccc1-c1ccc(-c2nnn[nH]2)cc1. The summed E-state index contributed by atoms with van der Waals surface area (Å²) in [5, 5.41) is 18.9. The summed E-state index contributed by atoms with van der Waals surface area (Å²) < 4.78 is 5.22. The molecule has 10 nitrogen and oxygen atoms in total. The molecule has 4 heterocycles. The molecule has 1 aromatic carbocycles. The first-order chi connectivity index (χ1) is 18.0. The van der Waals surface area contributed by atoms with E-state index in [0.29, 0.717) is 23.2 Å². The monoisotopic (exact) mass is 517 g/mol. The number of halogens is 1. The fourth-order valence-corrected chi connectivity index (χ4v) is 4.66. The quantitative estimate of drug-likeness (QED) is 0.303. The molecule has 190 valence electrons. The number of rotatable bonds is 9. The van der Waals surface area contributed by atoms with Crippen LogP contribution in [-0.4, -0.2) is 44.5 Å². The number of aromatic nitrogens is 9. The maximum atomic E-state index is 13.8. The van der Waals surface area contributed by atoms with Gasteiger partial charge in [-0.25, -0.2) is 14.6 Å². The number of nitrogens with one attached hydrogen (secondary N) is 1. The number of imidazole rings is 1. The van der Waals surface area contributed by atoms with E-state index >= 15 is 0 Å². The number of hydrogen-bond donors (Lipinski definition) is 1. The smallest absolute Gasteiger partial charge is 0.291 e. The van der Waals surface area contributed by atoms with Crippen molar-refractivity contribution in [3.05, 3.63) is 81.9 Å². The van der Waals surface area contributed by atoms with Crippen LogP contribution in [0.1, 0.15) is 50.9 Å². The Labute approximate surface area is 218 Å². The molecule has 37 heavy (non-hydrogen) atoms. The van der Waals surface area contributed by atoms with Crippen LogP contribution in [0, 0.1) is 0 Å². The summed E-state index contributed by atoms with van der Waals surface area (Å²) in [6.45, 7) is 6.55. The van der Waals surface area contributed by atoms with E-state index in [1.165, 1.54) is 0 Å². The maximum absolute atomic E-state index is 13.8. The Morgan fingerprint density at radius 3 is 2.57 bits per heavy atom. The van der Waals surface area contributed by atoms with Crippen LogP contribution in [0.2, 0.25) is 5.02 Å². The molecule has 0 unspecified atom stereocenters. The van der Waals surface area contributed by atoms with Crippen molar-refractivity contribution in [2.75, 3.05) is 0 Å². The molecule has 0 aliphatic rings. The zero-order chi connectivity index (χ0) is 25.9.